The second kappa shape index (κ2) is 16.2. The summed E-state index contributed by atoms with van der Waals surface area (Å²) in [4.78, 5) is 0. The predicted molar refractivity (Wildman–Crippen MR) is 192 cm³/mol. The highest BCUT2D eigenvalue weighted by Gasteiger charge is 2.24. The highest BCUT2D eigenvalue weighted by molar-refractivity contribution is 6.51. The van der Waals surface area contributed by atoms with Gasteiger partial charge >= 0.3 is 14.8 Å². The van der Waals surface area contributed by atoms with Gasteiger partial charge in [-0.05, 0) is 16.7 Å². The van der Waals surface area contributed by atoms with Crippen LogP contribution in [0, 0.1) is 0 Å². The lowest BCUT2D eigenvalue weighted by molar-refractivity contribution is 0.469. The van der Waals surface area contributed by atoms with Gasteiger partial charge < -0.3 is 15.3 Å². The number of aromatic hydroxyl groups is 3. The van der Waals surface area contributed by atoms with Crippen LogP contribution in [0.4, 0.5) is 0 Å². The number of benzene rings is 6. The van der Waals surface area contributed by atoms with E-state index in [2.05, 4.69) is 27.6 Å². The minimum atomic E-state index is -2.79. The molecule has 0 aliphatic heterocycles. The zero-order valence-electron chi connectivity index (χ0n) is 26.6. The standard InChI is InChI=1S/3C13H11N2O.Al/c3*14-15-9-11-7-4-8-12(13(11)16)10-5-2-1-3-6-10;/h3*1-8,16H,9H2;/q3*-1;+3. The molecule has 0 saturated carbocycles. The summed E-state index contributed by atoms with van der Waals surface area (Å²) >= 11 is -2.79. The van der Waals surface area contributed by atoms with E-state index in [1.54, 1.807) is 18.2 Å². The molecule has 0 aromatic heterocycles. The number of hydrogen-bond donors (Lipinski definition) is 3. The van der Waals surface area contributed by atoms with Gasteiger partial charge in [0.05, 0.1) is 19.6 Å². The normalized spacial score (nSPS) is 11.5. The van der Waals surface area contributed by atoms with Crippen molar-refractivity contribution in [2.75, 3.05) is 0 Å². The Kier molecular flexibility index (Phi) is 10.9. The maximum atomic E-state index is 11.0. The Morgan fingerprint density at radius 1 is 0.347 bits per heavy atom. The van der Waals surface area contributed by atoms with E-state index < -0.39 is 14.8 Å². The van der Waals surface area contributed by atoms with Gasteiger partial charge in [0.2, 0.25) is 0 Å². The van der Waals surface area contributed by atoms with Gasteiger partial charge in [0.1, 0.15) is 17.2 Å². The molecule has 0 atom stereocenters. The zero-order valence-corrected chi connectivity index (χ0v) is 27.7. The molecule has 0 bridgehead atoms. The molecule has 10 heteroatoms. The van der Waals surface area contributed by atoms with Crippen LogP contribution in [0.15, 0.2) is 173 Å². The third kappa shape index (κ3) is 8.32. The van der Waals surface area contributed by atoms with Crippen LogP contribution >= 0.6 is 0 Å². The summed E-state index contributed by atoms with van der Waals surface area (Å²) in [5.74, 6) is 0.407. The van der Waals surface area contributed by atoms with Gasteiger partial charge in [-0.15, -0.1) is 0 Å². The third-order valence-corrected chi connectivity index (χ3v) is 9.00. The van der Waals surface area contributed by atoms with E-state index in [1.165, 1.54) is 0 Å². The summed E-state index contributed by atoms with van der Waals surface area (Å²) in [6.45, 7) is 0.336. The number of para-hydroxylation sites is 3. The van der Waals surface area contributed by atoms with Gasteiger partial charge in [-0.2, -0.15) is 0 Å². The SMILES string of the molecule is Oc1c(CN=[N][Al]([N]=NCc2cccc(-c3ccccc3)c2O)[N]=NCc2cccc(-c3ccccc3)c2O)cccc1-c1ccccc1. The molecule has 0 aliphatic rings. The lowest BCUT2D eigenvalue weighted by Gasteiger charge is -2.09. The molecule has 0 radical (unpaired) electrons. The minimum absolute atomic E-state index is 0.112. The Hall–Kier alpha value is -5.95. The Bertz CT molecular complexity index is 1850. The first kappa shape index (κ1) is 33.0. The van der Waals surface area contributed by atoms with Crippen molar-refractivity contribution in [1.82, 2.24) is 0 Å². The average molecular weight is 661 g/mol. The fourth-order valence-electron chi connectivity index (χ4n) is 5.35. The number of nitrogens with zero attached hydrogens (tertiary/aromatic N) is 6. The van der Waals surface area contributed by atoms with Crippen molar-refractivity contribution in [3.05, 3.63) is 162 Å². The topological polar surface area (TPSA) is 135 Å². The Morgan fingerprint density at radius 2 is 0.633 bits per heavy atom. The average Bonchev–Trinajstić information content (AvgIpc) is 3.14. The lowest BCUT2D eigenvalue weighted by atomic mass is 10.0. The minimum Gasteiger partial charge on any atom is -0.507 e. The molecule has 0 saturated heterocycles. The molecule has 0 aliphatic carbocycles. The summed E-state index contributed by atoms with van der Waals surface area (Å²) in [6.07, 6.45) is 0. The van der Waals surface area contributed by atoms with Crippen molar-refractivity contribution in [3.63, 3.8) is 0 Å². The van der Waals surface area contributed by atoms with Crippen LogP contribution in [0.2, 0.25) is 0 Å². The third-order valence-electron chi connectivity index (χ3n) is 7.89. The summed E-state index contributed by atoms with van der Waals surface area (Å²) in [6, 6.07) is 45.5. The highest BCUT2D eigenvalue weighted by Crippen LogP contribution is 2.34. The van der Waals surface area contributed by atoms with Crippen molar-refractivity contribution in [3.8, 4) is 50.6 Å². The molecule has 0 amide bonds. The van der Waals surface area contributed by atoms with Gasteiger partial charge in [-0.25, -0.2) is 15.3 Å². The molecule has 6 aromatic carbocycles. The van der Waals surface area contributed by atoms with Crippen LogP contribution in [-0.2, 0) is 19.6 Å². The van der Waals surface area contributed by atoms with Crippen LogP contribution in [0.3, 0.4) is 0 Å². The largest absolute Gasteiger partial charge is 0.855 e. The molecular formula is C39H33AlN6O3. The van der Waals surface area contributed by atoms with E-state index in [4.69, 9.17) is 0 Å². The zero-order chi connectivity index (χ0) is 33.8. The first-order valence-electron chi connectivity index (χ1n) is 15.8. The molecule has 0 unspecified atom stereocenters. The predicted octanol–water partition coefficient (Wildman–Crippen LogP) is 10.0. The van der Waals surface area contributed by atoms with Gasteiger partial charge in [-0.3, -0.25) is 12.3 Å². The number of phenolic OH excluding ortho intramolecular Hbond substituents is 3. The van der Waals surface area contributed by atoms with Crippen molar-refractivity contribution in [2.24, 2.45) is 27.6 Å². The lowest BCUT2D eigenvalue weighted by Crippen LogP contribution is -2.02. The Labute approximate surface area is 289 Å². The van der Waals surface area contributed by atoms with Crippen LogP contribution in [0.5, 0.6) is 17.2 Å². The second-order valence-corrected chi connectivity index (χ2v) is 12.5. The first-order valence-corrected chi connectivity index (χ1v) is 17.3. The van der Waals surface area contributed by atoms with Crippen molar-refractivity contribution < 1.29 is 15.3 Å². The van der Waals surface area contributed by atoms with Crippen LogP contribution in [0.1, 0.15) is 16.7 Å². The van der Waals surface area contributed by atoms with E-state index in [0.717, 1.165) is 16.7 Å². The number of rotatable bonds is 12. The molecule has 49 heavy (non-hydrogen) atoms. The van der Waals surface area contributed by atoms with E-state index in [1.807, 2.05) is 127 Å². The second-order valence-electron chi connectivity index (χ2n) is 11.1. The highest BCUT2D eigenvalue weighted by atomic mass is 27.2. The van der Waals surface area contributed by atoms with Crippen LogP contribution in [0.25, 0.3) is 33.4 Å². The monoisotopic (exact) mass is 660 g/mol. The molecule has 3 N–H and O–H groups in total. The van der Waals surface area contributed by atoms with Gasteiger partial charge in [0.25, 0.3) is 0 Å². The Balaban J connectivity index is 1.22. The van der Waals surface area contributed by atoms with E-state index in [9.17, 15) is 15.3 Å². The molecule has 240 valence electrons. The smallest absolute Gasteiger partial charge is 0.507 e. The number of phenols is 3. The summed E-state index contributed by atoms with van der Waals surface area (Å²) < 4.78 is 13.2. The van der Waals surface area contributed by atoms with Crippen molar-refractivity contribution in [1.29, 1.82) is 0 Å². The van der Waals surface area contributed by atoms with Crippen molar-refractivity contribution >= 4 is 14.8 Å². The maximum absolute atomic E-state index is 11.0. The van der Waals surface area contributed by atoms with Gasteiger partial charge in [0, 0.05) is 33.4 Å². The van der Waals surface area contributed by atoms with E-state index >= 15 is 0 Å². The quantitative estimate of drug-likeness (QED) is 0.0890. The molecule has 9 nitrogen and oxygen atoms in total. The van der Waals surface area contributed by atoms with Crippen LogP contribution in [-0.4, -0.2) is 30.1 Å². The van der Waals surface area contributed by atoms with E-state index in [-0.39, 0.29) is 36.9 Å². The maximum Gasteiger partial charge on any atom is 0.855 e. The summed E-state index contributed by atoms with van der Waals surface area (Å²) in [7, 11) is 0. The molecule has 6 rings (SSSR count). The molecule has 0 fully saturated rings. The molecular weight excluding hydrogens is 627 g/mol. The van der Waals surface area contributed by atoms with Gasteiger partial charge in [-0.1, -0.05) is 146 Å². The molecule has 0 spiro atoms. The van der Waals surface area contributed by atoms with Gasteiger partial charge in [0.15, 0.2) is 0 Å². The Morgan fingerprint density at radius 3 is 0.918 bits per heavy atom. The molecule has 6 aromatic rings. The van der Waals surface area contributed by atoms with Crippen LogP contribution < -0.4 is 0 Å². The number of hydrogen-bond acceptors (Lipinski definition) is 9. The summed E-state index contributed by atoms with van der Waals surface area (Å²) in [5, 5.41) is 46.0. The first-order chi connectivity index (χ1) is 24.1. The summed E-state index contributed by atoms with van der Waals surface area (Å²) in [5.41, 5.74) is 6.63. The van der Waals surface area contributed by atoms with E-state index in [0.29, 0.717) is 33.4 Å². The fraction of sp³-hybridized carbons (Fsp3) is 0.0769. The molecule has 0 heterocycles. The fourth-order valence-corrected chi connectivity index (χ4v) is 6.17. The van der Waals surface area contributed by atoms with Crippen molar-refractivity contribution in [2.45, 2.75) is 19.6 Å².